The van der Waals surface area contributed by atoms with Crippen molar-refractivity contribution in [2.24, 2.45) is 0 Å². The monoisotopic (exact) mass is 505 g/mol. The van der Waals surface area contributed by atoms with Gasteiger partial charge in [-0.15, -0.1) is 0 Å². The lowest BCUT2D eigenvalue weighted by atomic mass is 10.2. The summed E-state index contributed by atoms with van der Waals surface area (Å²) in [6.07, 6.45) is 4.69. The molecule has 0 bridgehead atoms. The highest BCUT2D eigenvalue weighted by atomic mass is 35.5. The van der Waals surface area contributed by atoms with Crippen LogP contribution < -0.4 is 14.8 Å². The van der Waals surface area contributed by atoms with Crippen molar-refractivity contribution in [3.8, 4) is 11.5 Å². The Bertz CT molecular complexity index is 1240. The first-order valence-electron chi connectivity index (χ1n) is 12.5. The van der Waals surface area contributed by atoms with Crippen molar-refractivity contribution >= 4 is 28.5 Å². The number of ether oxygens (including phenoxy) is 2. The van der Waals surface area contributed by atoms with Crippen molar-refractivity contribution < 1.29 is 14.3 Å². The maximum absolute atomic E-state index is 12.0. The number of fused-ring (bicyclic) bond motifs is 1. The molecule has 4 aromatic rings. The molecule has 1 heterocycles. The zero-order chi connectivity index (χ0) is 25.0. The van der Waals surface area contributed by atoms with Gasteiger partial charge in [-0.3, -0.25) is 4.79 Å². The summed E-state index contributed by atoms with van der Waals surface area (Å²) in [4.78, 5) is 16.9. The number of halogens is 1. The molecule has 6 nitrogen and oxygen atoms in total. The van der Waals surface area contributed by atoms with Gasteiger partial charge in [0.1, 0.15) is 17.3 Å². The Balaban J connectivity index is 1.19. The van der Waals surface area contributed by atoms with Crippen molar-refractivity contribution in [3.05, 3.63) is 89.7 Å². The summed E-state index contributed by atoms with van der Waals surface area (Å²) in [6, 6.07) is 25.2. The van der Waals surface area contributed by atoms with Crippen LogP contribution in [0.5, 0.6) is 11.5 Å². The average Bonchev–Trinajstić information content (AvgIpc) is 3.26. The molecule has 0 saturated carbocycles. The third-order valence-electron chi connectivity index (χ3n) is 5.87. The summed E-state index contributed by atoms with van der Waals surface area (Å²) in [7, 11) is 0. The fourth-order valence-electron chi connectivity index (χ4n) is 4.06. The molecule has 0 radical (unpaired) electrons. The summed E-state index contributed by atoms with van der Waals surface area (Å²) in [6.45, 7) is 2.10. The van der Waals surface area contributed by atoms with E-state index >= 15 is 0 Å². The second-order valence-corrected chi connectivity index (χ2v) is 8.97. The Hall–Kier alpha value is -3.51. The van der Waals surface area contributed by atoms with Crippen LogP contribution in [-0.2, 0) is 17.8 Å². The minimum Gasteiger partial charge on any atom is -0.492 e. The van der Waals surface area contributed by atoms with E-state index in [1.54, 1.807) is 0 Å². The zero-order valence-electron chi connectivity index (χ0n) is 20.4. The molecule has 1 amide bonds. The number of carbonyl (C=O) groups is 1. The highest BCUT2D eigenvalue weighted by Gasteiger charge is 2.10. The van der Waals surface area contributed by atoms with Gasteiger partial charge in [-0.25, -0.2) is 4.98 Å². The van der Waals surface area contributed by atoms with Gasteiger partial charge in [0.15, 0.2) is 6.61 Å². The number of amides is 1. The fourth-order valence-corrected chi connectivity index (χ4v) is 4.25. The van der Waals surface area contributed by atoms with E-state index in [0.717, 1.165) is 55.5 Å². The Morgan fingerprint density at radius 3 is 2.50 bits per heavy atom. The zero-order valence-corrected chi connectivity index (χ0v) is 21.1. The van der Waals surface area contributed by atoms with Crippen LogP contribution in [0.2, 0.25) is 5.02 Å². The maximum atomic E-state index is 12.0. The van der Waals surface area contributed by atoms with E-state index < -0.39 is 0 Å². The number of benzene rings is 3. The Morgan fingerprint density at radius 1 is 0.861 bits per heavy atom. The number of imidazole rings is 1. The number of aryl methyl sites for hydroxylation is 2. The van der Waals surface area contributed by atoms with Gasteiger partial charge in [0, 0.05) is 19.5 Å². The molecule has 188 valence electrons. The van der Waals surface area contributed by atoms with Crippen LogP contribution in [0.1, 0.15) is 31.5 Å². The molecular formula is C29H32ClN3O3. The Morgan fingerprint density at radius 2 is 1.64 bits per heavy atom. The SMILES string of the molecule is O=C(COc1ccccc1)NCCCCCc1nc2ccccc2n1CCCOc1ccccc1Cl. The number of rotatable bonds is 14. The van der Waals surface area contributed by atoms with Gasteiger partial charge in [0.2, 0.25) is 0 Å². The molecular weight excluding hydrogens is 474 g/mol. The van der Waals surface area contributed by atoms with Crippen LogP contribution in [0.3, 0.4) is 0 Å². The topological polar surface area (TPSA) is 65.4 Å². The van der Waals surface area contributed by atoms with E-state index in [1.807, 2.05) is 60.7 Å². The van der Waals surface area contributed by atoms with Gasteiger partial charge in [-0.2, -0.15) is 0 Å². The van der Waals surface area contributed by atoms with E-state index in [9.17, 15) is 4.79 Å². The highest BCUT2D eigenvalue weighted by Crippen LogP contribution is 2.23. The van der Waals surface area contributed by atoms with Gasteiger partial charge >= 0.3 is 0 Å². The fraction of sp³-hybridized carbons (Fsp3) is 0.310. The normalized spacial score (nSPS) is 10.9. The molecule has 0 unspecified atom stereocenters. The minimum absolute atomic E-state index is 0.0359. The second kappa shape index (κ2) is 13.5. The van der Waals surface area contributed by atoms with Crippen molar-refractivity contribution in [1.29, 1.82) is 0 Å². The predicted octanol–water partition coefficient (Wildman–Crippen LogP) is 6.07. The van der Waals surface area contributed by atoms with Crippen LogP contribution in [-0.4, -0.2) is 35.2 Å². The lowest BCUT2D eigenvalue weighted by Crippen LogP contribution is -2.29. The van der Waals surface area contributed by atoms with Gasteiger partial charge < -0.3 is 19.4 Å². The van der Waals surface area contributed by atoms with Crippen molar-refractivity contribution in [1.82, 2.24) is 14.9 Å². The first-order chi connectivity index (χ1) is 17.7. The molecule has 7 heteroatoms. The van der Waals surface area contributed by atoms with E-state index in [1.165, 1.54) is 0 Å². The summed E-state index contributed by atoms with van der Waals surface area (Å²) < 4.78 is 13.6. The molecule has 0 aliphatic heterocycles. The van der Waals surface area contributed by atoms with Gasteiger partial charge in [-0.1, -0.05) is 60.5 Å². The number of nitrogens with zero attached hydrogens (tertiary/aromatic N) is 2. The summed E-state index contributed by atoms with van der Waals surface area (Å²) in [5.74, 6) is 2.41. The number of unbranched alkanes of at least 4 members (excludes halogenated alkanes) is 2. The third kappa shape index (κ3) is 7.49. The summed E-state index contributed by atoms with van der Waals surface area (Å²) in [5.41, 5.74) is 2.17. The van der Waals surface area contributed by atoms with Gasteiger partial charge in [0.25, 0.3) is 5.91 Å². The van der Waals surface area contributed by atoms with E-state index in [-0.39, 0.29) is 12.5 Å². The van der Waals surface area contributed by atoms with Crippen LogP contribution in [0, 0.1) is 0 Å². The van der Waals surface area contributed by atoms with Crippen LogP contribution in [0.25, 0.3) is 11.0 Å². The van der Waals surface area contributed by atoms with E-state index in [2.05, 4.69) is 28.1 Å². The molecule has 0 aliphatic carbocycles. The number of carbonyl (C=O) groups excluding carboxylic acids is 1. The third-order valence-corrected chi connectivity index (χ3v) is 6.18. The molecule has 1 N–H and O–H groups in total. The molecule has 0 atom stereocenters. The van der Waals surface area contributed by atoms with Crippen molar-refractivity contribution in [3.63, 3.8) is 0 Å². The molecule has 0 spiro atoms. The first-order valence-corrected chi connectivity index (χ1v) is 12.8. The molecule has 0 aliphatic rings. The van der Waals surface area contributed by atoms with Crippen molar-refractivity contribution in [2.75, 3.05) is 19.8 Å². The van der Waals surface area contributed by atoms with Gasteiger partial charge in [0.05, 0.1) is 22.7 Å². The lowest BCUT2D eigenvalue weighted by molar-refractivity contribution is -0.123. The minimum atomic E-state index is -0.0975. The van der Waals surface area contributed by atoms with Crippen LogP contribution in [0.15, 0.2) is 78.9 Å². The first kappa shape index (κ1) is 25.6. The van der Waals surface area contributed by atoms with E-state index in [0.29, 0.717) is 29.7 Å². The second-order valence-electron chi connectivity index (χ2n) is 8.56. The number of hydrogen-bond donors (Lipinski definition) is 1. The molecule has 0 saturated heterocycles. The van der Waals surface area contributed by atoms with E-state index in [4.69, 9.17) is 26.1 Å². The van der Waals surface area contributed by atoms with Gasteiger partial charge in [-0.05, 0) is 55.7 Å². The van der Waals surface area contributed by atoms with Crippen LogP contribution >= 0.6 is 11.6 Å². The molecule has 3 aromatic carbocycles. The van der Waals surface area contributed by atoms with Crippen LogP contribution in [0.4, 0.5) is 0 Å². The molecule has 36 heavy (non-hydrogen) atoms. The summed E-state index contributed by atoms with van der Waals surface area (Å²) in [5, 5.41) is 3.56. The Labute approximate surface area is 217 Å². The standard InChI is InChI=1S/C29H32ClN3O3/c30-24-14-6-9-17-27(24)35-21-11-20-33-26-16-8-7-15-25(26)32-28(33)18-5-2-10-19-31-29(34)22-36-23-12-3-1-4-13-23/h1,3-4,6-9,12-17H,2,5,10-11,18-22H2,(H,31,34). The molecule has 0 fully saturated rings. The Kier molecular flexibility index (Phi) is 9.62. The molecule has 1 aromatic heterocycles. The smallest absolute Gasteiger partial charge is 0.257 e. The molecule has 4 rings (SSSR count). The number of hydrogen-bond acceptors (Lipinski definition) is 4. The predicted molar refractivity (Wildman–Crippen MR) is 144 cm³/mol. The number of nitrogens with one attached hydrogen (secondary N) is 1. The number of para-hydroxylation sites is 4. The lowest BCUT2D eigenvalue weighted by Gasteiger charge is -2.11. The average molecular weight is 506 g/mol. The largest absolute Gasteiger partial charge is 0.492 e. The summed E-state index contributed by atoms with van der Waals surface area (Å²) >= 11 is 6.19. The van der Waals surface area contributed by atoms with Crippen molar-refractivity contribution in [2.45, 2.75) is 38.6 Å². The number of aromatic nitrogens is 2. The quantitative estimate of drug-likeness (QED) is 0.211. The highest BCUT2D eigenvalue weighted by molar-refractivity contribution is 6.32. The maximum Gasteiger partial charge on any atom is 0.257 e.